The zero-order valence-corrected chi connectivity index (χ0v) is 15.4. The molecule has 0 unspecified atom stereocenters. The number of halogens is 1. The van der Waals surface area contributed by atoms with Crippen molar-refractivity contribution in [1.29, 1.82) is 0 Å². The molecule has 3 amide bonds. The number of nitrogens with one attached hydrogen (secondary N) is 1. The van der Waals surface area contributed by atoms with Crippen LogP contribution in [0.1, 0.15) is 56.4 Å². The van der Waals surface area contributed by atoms with Gasteiger partial charge in [0.15, 0.2) is 0 Å². The summed E-state index contributed by atoms with van der Waals surface area (Å²) >= 11 is 6.14. The maximum atomic E-state index is 12.5. The van der Waals surface area contributed by atoms with Gasteiger partial charge in [-0.05, 0) is 49.2 Å². The lowest BCUT2D eigenvalue weighted by atomic mass is 10.1. The number of fused-ring (bicyclic) bond motifs is 1. The summed E-state index contributed by atoms with van der Waals surface area (Å²) in [7, 11) is 0. The molecule has 0 aromatic heterocycles. The lowest BCUT2D eigenvalue weighted by Crippen LogP contribution is -2.30. The lowest BCUT2D eigenvalue weighted by molar-refractivity contribution is 0.0652. The second-order valence-electron chi connectivity index (χ2n) is 6.31. The first-order valence-electron chi connectivity index (χ1n) is 8.50. The predicted molar refractivity (Wildman–Crippen MR) is 101 cm³/mol. The van der Waals surface area contributed by atoms with Gasteiger partial charge in [0.25, 0.3) is 17.7 Å². The van der Waals surface area contributed by atoms with Gasteiger partial charge in [0, 0.05) is 12.1 Å². The molecule has 0 saturated carbocycles. The zero-order chi connectivity index (χ0) is 18.8. The number of carbonyl (C=O) groups is 3. The molecule has 5 nitrogen and oxygen atoms in total. The molecular weight excluding hydrogens is 352 g/mol. The molecule has 0 saturated heterocycles. The van der Waals surface area contributed by atoms with Crippen LogP contribution in [-0.2, 0) is 0 Å². The van der Waals surface area contributed by atoms with Gasteiger partial charge in [0.1, 0.15) is 0 Å². The molecular formula is C20H19ClN2O3. The van der Waals surface area contributed by atoms with E-state index in [1.807, 2.05) is 19.9 Å². The Bertz CT molecular complexity index is 908. The van der Waals surface area contributed by atoms with Gasteiger partial charge in [-0.3, -0.25) is 19.3 Å². The number of nitrogens with zero attached hydrogens (tertiary/aromatic N) is 1. The average Bonchev–Trinajstić information content (AvgIpc) is 2.86. The molecule has 1 heterocycles. The summed E-state index contributed by atoms with van der Waals surface area (Å²) in [5.74, 6) is -1.03. The first-order chi connectivity index (χ1) is 12.4. The van der Waals surface area contributed by atoms with E-state index in [1.165, 1.54) is 17.0 Å². The van der Waals surface area contributed by atoms with Gasteiger partial charge >= 0.3 is 0 Å². The summed E-state index contributed by atoms with van der Waals surface area (Å²) in [5, 5.41) is 3.18. The predicted octanol–water partition coefficient (Wildman–Crippen LogP) is 4.30. The minimum atomic E-state index is -0.384. The minimum Gasteiger partial charge on any atom is -0.321 e. The number of hydrogen-bond donors (Lipinski definition) is 1. The number of rotatable bonds is 5. The van der Waals surface area contributed by atoms with Gasteiger partial charge < -0.3 is 5.32 Å². The SMILES string of the molecule is CCCCN1C(=O)c2ccc(C(=O)Nc3ccc(C)cc3Cl)cc2C1=O. The standard InChI is InChI=1S/C20H19ClN2O3/c1-3-4-9-23-19(25)14-7-6-13(11-15(14)20(23)26)18(24)22-17-8-5-12(2)10-16(17)21/h5-8,10-11H,3-4,9H2,1-2H3,(H,22,24). The second-order valence-corrected chi connectivity index (χ2v) is 6.72. The van der Waals surface area contributed by atoms with Crippen LogP contribution in [0.4, 0.5) is 5.69 Å². The summed E-state index contributed by atoms with van der Waals surface area (Å²) in [6.07, 6.45) is 1.64. The number of aryl methyl sites for hydroxylation is 1. The van der Waals surface area contributed by atoms with Gasteiger partial charge in [0.2, 0.25) is 0 Å². The first kappa shape index (κ1) is 18.1. The van der Waals surface area contributed by atoms with Crippen LogP contribution >= 0.6 is 11.6 Å². The molecule has 26 heavy (non-hydrogen) atoms. The molecule has 6 heteroatoms. The summed E-state index contributed by atoms with van der Waals surface area (Å²) in [5.41, 5.74) is 2.40. The molecule has 2 aromatic carbocycles. The topological polar surface area (TPSA) is 66.5 Å². The number of anilines is 1. The third-order valence-electron chi connectivity index (χ3n) is 4.34. The van der Waals surface area contributed by atoms with E-state index in [0.717, 1.165) is 18.4 Å². The molecule has 0 spiro atoms. The van der Waals surface area contributed by atoms with Crippen LogP contribution in [0.2, 0.25) is 5.02 Å². The van der Waals surface area contributed by atoms with Crippen molar-refractivity contribution >= 4 is 35.0 Å². The number of imide groups is 1. The molecule has 0 radical (unpaired) electrons. The largest absolute Gasteiger partial charge is 0.321 e. The van der Waals surface area contributed by atoms with Crippen molar-refractivity contribution in [2.24, 2.45) is 0 Å². The Labute approximate surface area is 156 Å². The molecule has 0 fully saturated rings. The van der Waals surface area contributed by atoms with Crippen LogP contribution in [0.3, 0.4) is 0 Å². The molecule has 1 aliphatic heterocycles. The Kier molecular flexibility index (Phi) is 5.09. The summed E-state index contributed by atoms with van der Waals surface area (Å²) in [4.78, 5) is 38.6. The smallest absolute Gasteiger partial charge is 0.261 e. The maximum absolute atomic E-state index is 12.5. The van der Waals surface area contributed by atoms with Gasteiger partial charge in [-0.1, -0.05) is 31.0 Å². The summed E-state index contributed by atoms with van der Waals surface area (Å²) in [6, 6.07) is 9.88. The van der Waals surface area contributed by atoms with E-state index in [-0.39, 0.29) is 23.3 Å². The van der Waals surface area contributed by atoms with Crippen molar-refractivity contribution in [1.82, 2.24) is 4.90 Å². The van der Waals surface area contributed by atoms with E-state index in [4.69, 9.17) is 11.6 Å². The fourth-order valence-electron chi connectivity index (χ4n) is 2.87. The molecule has 134 valence electrons. The summed E-state index contributed by atoms with van der Waals surface area (Å²) in [6.45, 7) is 4.30. The van der Waals surface area contributed by atoms with Gasteiger partial charge in [-0.2, -0.15) is 0 Å². The van der Waals surface area contributed by atoms with E-state index < -0.39 is 0 Å². The fourth-order valence-corrected chi connectivity index (χ4v) is 3.15. The van der Waals surface area contributed by atoms with E-state index in [2.05, 4.69) is 5.32 Å². The molecule has 2 aromatic rings. The highest BCUT2D eigenvalue weighted by atomic mass is 35.5. The molecule has 0 atom stereocenters. The van der Waals surface area contributed by atoms with Crippen molar-refractivity contribution in [3.63, 3.8) is 0 Å². The number of benzene rings is 2. The molecule has 1 aliphatic rings. The third kappa shape index (κ3) is 3.35. The number of amides is 3. The third-order valence-corrected chi connectivity index (χ3v) is 4.65. The van der Waals surface area contributed by atoms with Crippen LogP contribution in [0.5, 0.6) is 0 Å². The number of unbranched alkanes of at least 4 members (excludes halogenated alkanes) is 1. The van der Waals surface area contributed by atoms with E-state index in [1.54, 1.807) is 18.2 Å². The van der Waals surface area contributed by atoms with Crippen LogP contribution in [0, 0.1) is 6.92 Å². The quantitative estimate of drug-likeness (QED) is 0.798. The van der Waals surface area contributed by atoms with E-state index >= 15 is 0 Å². The Morgan fingerprint density at radius 3 is 2.50 bits per heavy atom. The monoisotopic (exact) mass is 370 g/mol. The van der Waals surface area contributed by atoms with Crippen molar-refractivity contribution in [3.8, 4) is 0 Å². The number of carbonyl (C=O) groups excluding carboxylic acids is 3. The van der Waals surface area contributed by atoms with Crippen molar-refractivity contribution in [3.05, 3.63) is 63.7 Å². The minimum absolute atomic E-state index is 0.272. The van der Waals surface area contributed by atoms with Crippen LogP contribution < -0.4 is 5.32 Å². The second kappa shape index (κ2) is 7.30. The summed E-state index contributed by atoms with van der Waals surface area (Å²) < 4.78 is 0. The highest BCUT2D eigenvalue weighted by Crippen LogP contribution is 2.26. The highest BCUT2D eigenvalue weighted by molar-refractivity contribution is 6.34. The Balaban J connectivity index is 1.84. The Morgan fingerprint density at radius 1 is 1.08 bits per heavy atom. The van der Waals surface area contributed by atoms with Crippen LogP contribution in [-0.4, -0.2) is 29.2 Å². The van der Waals surface area contributed by atoms with Crippen molar-refractivity contribution in [2.45, 2.75) is 26.7 Å². The average molecular weight is 371 g/mol. The van der Waals surface area contributed by atoms with Crippen LogP contribution in [0.15, 0.2) is 36.4 Å². The Hall–Kier alpha value is -2.66. The normalized spacial score (nSPS) is 13.1. The van der Waals surface area contributed by atoms with E-state index in [9.17, 15) is 14.4 Å². The van der Waals surface area contributed by atoms with Gasteiger partial charge in [-0.25, -0.2) is 0 Å². The zero-order valence-electron chi connectivity index (χ0n) is 14.6. The van der Waals surface area contributed by atoms with E-state index in [0.29, 0.717) is 28.4 Å². The van der Waals surface area contributed by atoms with Gasteiger partial charge in [-0.15, -0.1) is 0 Å². The van der Waals surface area contributed by atoms with Crippen LogP contribution in [0.25, 0.3) is 0 Å². The van der Waals surface area contributed by atoms with Gasteiger partial charge in [0.05, 0.1) is 21.8 Å². The first-order valence-corrected chi connectivity index (χ1v) is 8.88. The molecule has 3 rings (SSSR count). The highest BCUT2D eigenvalue weighted by Gasteiger charge is 2.35. The molecule has 0 aliphatic carbocycles. The Morgan fingerprint density at radius 2 is 1.81 bits per heavy atom. The van der Waals surface area contributed by atoms with Crippen molar-refractivity contribution < 1.29 is 14.4 Å². The van der Waals surface area contributed by atoms with Crippen molar-refractivity contribution in [2.75, 3.05) is 11.9 Å². The lowest BCUT2D eigenvalue weighted by Gasteiger charge is -2.12. The number of hydrogen-bond acceptors (Lipinski definition) is 3. The maximum Gasteiger partial charge on any atom is 0.261 e. The fraction of sp³-hybridized carbons (Fsp3) is 0.250. The molecule has 1 N–H and O–H groups in total. The molecule has 0 bridgehead atoms.